The first-order valence-electron chi connectivity index (χ1n) is 9.42. The van der Waals surface area contributed by atoms with Gasteiger partial charge >= 0.3 is 0 Å². The van der Waals surface area contributed by atoms with E-state index in [4.69, 9.17) is 4.98 Å². The molecule has 1 fully saturated rings. The molecule has 29 heavy (non-hydrogen) atoms. The second-order valence-corrected chi connectivity index (χ2v) is 7.96. The number of hydrogen-bond donors (Lipinski definition) is 2. The average Bonchev–Trinajstić information content (AvgIpc) is 2.98. The second-order valence-electron chi connectivity index (χ2n) is 6.93. The number of rotatable bonds is 5. The summed E-state index contributed by atoms with van der Waals surface area (Å²) in [6, 6.07) is 12.6. The second kappa shape index (κ2) is 11.5. The normalized spacial score (nSPS) is 16.2. The van der Waals surface area contributed by atoms with Crippen LogP contribution in [-0.2, 0) is 6.42 Å². The highest BCUT2D eigenvalue weighted by molar-refractivity contribution is 7.18. The van der Waals surface area contributed by atoms with Gasteiger partial charge in [-0.3, -0.25) is 0 Å². The van der Waals surface area contributed by atoms with E-state index in [9.17, 15) is 4.39 Å². The van der Waals surface area contributed by atoms with Crippen molar-refractivity contribution in [3.63, 3.8) is 0 Å². The van der Waals surface area contributed by atoms with Crippen LogP contribution in [0.2, 0.25) is 0 Å². The van der Waals surface area contributed by atoms with Crippen LogP contribution in [0.25, 0.3) is 10.4 Å². The Morgan fingerprint density at radius 3 is 2.72 bits per heavy atom. The van der Waals surface area contributed by atoms with Crippen LogP contribution < -0.4 is 10.6 Å². The molecule has 0 bridgehead atoms. The van der Waals surface area contributed by atoms with Crippen molar-refractivity contribution < 1.29 is 4.39 Å². The first-order chi connectivity index (χ1) is 13.3. The molecular weight excluding hydrogens is 430 g/mol. The minimum absolute atomic E-state index is 0. The summed E-state index contributed by atoms with van der Waals surface area (Å²) >= 11 is 1.54. The van der Waals surface area contributed by atoms with Crippen LogP contribution in [0.3, 0.4) is 0 Å². The molecular formula is C21H25Cl2FN4S. The van der Waals surface area contributed by atoms with Gasteiger partial charge in [-0.25, -0.2) is 14.4 Å². The van der Waals surface area contributed by atoms with E-state index >= 15 is 0 Å². The molecule has 4 rings (SSSR count). The smallest absolute Gasteiger partial charge is 0.188 e. The summed E-state index contributed by atoms with van der Waals surface area (Å²) in [5.74, 6) is 1.29. The van der Waals surface area contributed by atoms with Crippen LogP contribution >= 0.6 is 36.2 Å². The van der Waals surface area contributed by atoms with E-state index in [0.29, 0.717) is 5.92 Å². The van der Waals surface area contributed by atoms with E-state index in [-0.39, 0.29) is 30.6 Å². The number of benzene rings is 1. The van der Waals surface area contributed by atoms with Crippen LogP contribution in [-0.4, -0.2) is 23.1 Å². The Hall–Kier alpha value is -1.73. The Bertz CT molecular complexity index is 880. The fraction of sp³-hybridized carbons (Fsp3) is 0.333. The van der Waals surface area contributed by atoms with Gasteiger partial charge < -0.3 is 10.6 Å². The standard InChI is InChI=1S/C21H23FN4S.2ClH/c22-17-8-6-16(7-9-17)19-14-24-21(27-19)26-20-5-1-4-18(25-20)13-15-3-2-11-23-12-10-15;;/h1,4-9,14-15,23H,2-3,10-13H2,(H,24,25,26);2*1H. The summed E-state index contributed by atoms with van der Waals surface area (Å²) in [5, 5.41) is 7.56. The van der Waals surface area contributed by atoms with E-state index < -0.39 is 0 Å². The Morgan fingerprint density at radius 2 is 1.90 bits per heavy atom. The van der Waals surface area contributed by atoms with E-state index in [1.165, 1.54) is 42.7 Å². The molecule has 0 saturated carbocycles. The molecule has 0 amide bonds. The predicted molar refractivity (Wildman–Crippen MR) is 123 cm³/mol. The third-order valence-corrected chi connectivity index (χ3v) is 5.83. The molecule has 1 aliphatic heterocycles. The lowest BCUT2D eigenvalue weighted by atomic mass is 9.95. The maximum atomic E-state index is 13.1. The van der Waals surface area contributed by atoms with Crippen molar-refractivity contribution in [1.29, 1.82) is 0 Å². The minimum Gasteiger partial charge on any atom is -0.317 e. The first kappa shape index (κ1) is 23.5. The van der Waals surface area contributed by atoms with Crippen molar-refractivity contribution in [2.75, 3.05) is 18.4 Å². The molecule has 156 valence electrons. The highest BCUT2D eigenvalue weighted by Gasteiger charge is 2.13. The Balaban J connectivity index is 0.00000150. The largest absolute Gasteiger partial charge is 0.317 e. The molecule has 1 aromatic carbocycles. The highest BCUT2D eigenvalue weighted by Crippen LogP contribution is 2.30. The van der Waals surface area contributed by atoms with Gasteiger partial charge in [0, 0.05) is 11.9 Å². The monoisotopic (exact) mass is 454 g/mol. The minimum atomic E-state index is -0.230. The summed E-state index contributed by atoms with van der Waals surface area (Å²) in [4.78, 5) is 10.2. The van der Waals surface area contributed by atoms with Gasteiger partial charge in [0.25, 0.3) is 0 Å². The van der Waals surface area contributed by atoms with Gasteiger partial charge in [-0.1, -0.05) is 29.5 Å². The van der Waals surface area contributed by atoms with Gasteiger partial charge in [0.05, 0.1) is 4.88 Å². The van der Waals surface area contributed by atoms with Crippen molar-refractivity contribution in [1.82, 2.24) is 15.3 Å². The van der Waals surface area contributed by atoms with E-state index in [1.807, 2.05) is 18.3 Å². The number of hydrogen-bond acceptors (Lipinski definition) is 5. The lowest BCUT2D eigenvalue weighted by molar-refractivity contribution is 0.465. The first-order valence-corrected chi connectivity index (χ1v) is 10.2. The van der Waals surface area contributed by atoms with Gasteiger partial charge in [-0.2, -0.15) is 0 Å². The lowest BCUT2D eigenvalue weighted by Gasteiger charge is -2.13. The summed E-state index contributed by atoms with van der Waals surface area (Å²) in [5.41, 5.74) is 2.09. The number of thiazole rings is 1. The number of aromatic nitrogens is 2. The van der Waals surface area contributed by atoms with Crippen molar-refractivity contribution in [2.45, 2.75) is 25.7 Å². The Kier molecular flexibility index (Phi) is 9.30. The zero-order chi connectivity index (χ0) is 18.5. The highest BCUT2D eigenvalue weighted by atomic mass is 35.5. The van der Waals surface area contributed by atoms with Gasteiger partial charge in [0.15, 0.2) is 5.13 Å². The number of nitrogens with one attached hydrogen (secondary N) is 2. The number of nitrogens with zero attached hydrogens (tertiary/aromatic N) is 2. The van der Waals surface area contributed by atoms with Crippen LogP contribution in [0, 0.1) is 11.7 Å². The summed E-state index contributed by atoms with van der Waals surface area (Å²) in [6.07, 6.45) is 6.55. The molecule has 1 unspecified atom stereocenters. The molecule has 0 radical (unpaired) electrons. The zero-order valence-electron chi connectivity index (χ0n) is 15.9. The molecule has 8 heteroatoms. The van der Waals surface area contributed by atoms with Crippen LogP contribution in [0.1, 0.15) is 25.0 Å². The Morgan fingerprint density at radius 1 is 1.07 bits per heavy atom. The van der Waals surface area contributed by atoms with Crippen molar-refractivity contribution in [3.05, 3.63) is 60.2 Å². The molecule has 3 heterocycles. The summed E-state index contributed by atoms with van der Waals surface area (Å²) < 4.78 is 13.1. The third kappa shape index (κ3) is 6.64. The fourth-order valence-corrected chi connectivity index (χ4v) is 4.27. The number of anilines is 2. The van der Waals surface area contributed by atoms with Gasteiger partial charge in [0.2, 0.25) is 0 Å². The van der Waals surface area contributed by atoms with Crippen LogP contribution in [0.15, 0.2) is 48.7 Å². The molecule has 0 spiro atoms. The molecule has 1 saturated heterocycles. The van der Waals surface area contributed by atoms with Crippen molar-refractivity contribution in [3.8, 4) is 10.4 Å². The molecule has 2 aromatic heterocycles. The van der Waals surface area contributed by atoms with Crippen molar-refractivity contribution in [2.24, 2.45) is 5.92 Å². The predicted octanol–water partition coefficient (Wildman–Crippen LogP) is 5.86. The molecule has 0 aliphatic carbocycles. The van der Waals surface area contributed by atoms with E-state index in [0.717, 1.165) is 46.6 Å². The average molecular weight is 455 g/mol. The fourth-order valence-electron chi connectivity index (χ4n) is 3.44. The summed E-state index contributed by atoms with van der Waals surface area (Å²) in [7, 11) is 0. The molecule has 4 nitrogen and oxygen atoms in total. The molecule has 2 N–H and O–H groups in total. The molecule has 1 atom stereocenters. The zero-order valence-corrected chi connectivity index (χ0v) is 18.4. The van der Waals surface area contributed by atoms with Crippen LogP contribution in [0.5, 0.6) is 0 Å². The van der Waals surface area contributed by atoms with E-state index in [1.54, 1.807) is 12.1 Å². The maximum absolute atomic E-state index is 13.1. The maximum Gasteiger partial charge on any atom is 0.188 e. The van der Waals surface area contributed by atoms with Gasteiger partial charge in [-0.05, 0) is 74.5 Å². The van der Waals surface area contributed by atoms with Crippen molar-refractivity contribution >= 4 is 47.1 Å². The summed E-state index contributed by atoms with van der Waals surface area (Å²) in [6.45, 7) is 2.24. The SMILES string of the molecule is Cl.Cl.Fc1ccc(-c2cnc(Nc3cccc(CC4CCCNCC4)n3)s2)cc1. The van der Waals surface area contributed by atoms with E-state index in [2.05, 4.69) is 21.7 Å². The quantitative estimate of drug-likeness (QED) is 0.506. The molecule has 1 aliphatic rings. The van der Waals surface area contributed by atoms with Gasteiger partial charge in [-0.15, -0.1) is 24.8 Å². The van der Waals surface area contributed by atoms with Gasteiger partial charge in [0.1, 0.15) is 11.6 Å². The lowest BCUT2D eigenvalue weighted by Crippen LogP contribution is -2.14. The third-order valence-electron chi connectivity index (χ3n) is 4.87. The molecule has 3 aromatic rings. The topological polar surface area (TPSA) is 49.8 Å². The van der Waals surface area contributed by atoms with Crippen LogP contribution in [0.4, 0.5) is 15.3 Å². The number of pyridine rings is 1. The Labute approximate surface area is 187 Å². The number of halogens is 3.